The second-order valence-electron chi connectivity index (χ2n) is 3.01. The summed E-state index contributed by atoms with van der Waals surface area (Å²) in [5.41, 5.74) is 6.33. The minimum atomic E-state index is 0.607. The number of hydrogen-bond donors (Lipinski definition) is 2. The lowest BCUT2D eigenvalue weighted by atomic mass is 10.4. The highest BCUT2D eigenvalue weighted by Gasteiger charge is 2.04. The topological polar surface area (TPSA) is 66.5 Å². The summed E-state index contributed by atoms with van der Waals surface area (Å²) in [4.78, 5) is 10.0. The fourth-order valence-electron chi connectivity index (χ4n) is 0.996. The van der Waals surface area contributed by atoms with Crippen LogP contribution in [0.1, 0.15) is 0 Å². The Bertz CT molecular complexity index is 332. The zero-order chi connectivity index (χ0) is 10.6. The molecule has 0 aliphatic rings. The summed E-state index contributed by atoms with van der Waals surface area (Å²) in [5.74, 6) is 1.34. The Morgan fingerprint density at radius 1 is 1.57 bits per heavy atom. The number of nitrogen functional groups attached to an aromatic ring is 1. The molecule has 1 rings (SSSR count). The lowest BCUT2D eigenvalue weighted by Gasteiger charge is -2.16. The number of rotatable bonds is 1. The van der Waals surface area contributed by atoms with Gasteiger partial charge in [-0.2, -0.15) is 0 Å². The van der Waals surface area contributed by atoms with Crippen LogP contribution in [0.5, 0.6) is 0 Å². The van der Waals surface area contributed by atoms with E-state index in [-0.39, 0.29) is 0 Å². The number of nitrogens with zero attached hydrogens (tertiary/aromatic N) is 3. The summed E-state index contributed by atoms with van der Waals surface area (Å²) >= 11 is 0. The van der Waals surface area contributed by atoms with Crippen LogP contribution in [0.3, 0.4) is 0 Å². The average molecular weight is 193 g/mol. The highest BCUT2D eigenvalue weighted by Crippen LogP contribution is 2.12. The van der Waals surface area contributed by atoms with Crippen LogP contribution in [0, 0.1) is 0 Å². The fourth-order valence-corrected chi connectivity index (χ4v) is 0.996. The SMILES string of the molecule is CN=C(Nc1ncccc1N)N(C)C. The average Bonchev–Trinajstić information content (AvgIpc) is 2.16. The predicted octanol–water partition coefficient (Wildman–Crippen LogP) is 0.623. The van der Waals surface area contributed by atoms with E-state index in [0.717, 1.165) is 5.96 Å². The third-order valence-electron chi connectivity index (χ3n) is 1.70. The predicted molar refractivity (Wildman–Crippen MR) is 59.3 cm³/mol. The maximum atomic E-state index is 5.73. The molecule has 0 aliphatic heterocycles. The molecule has 0 saturated heterocycles. The molecule has 0 saturated carbocycles. The first-order valence-corrected chi connectivity index (χ1v) is 4.26. The minimum Gasteiger partial charge on any atom is -0.396 e. The second-order valence-corrected chi connectivity index (χ2v) is 3.01. The third-order valence-corrected chi connectivity index (χ3v) is 1.70. The number of aliphatic imine (C=N–C) groups is 1. The van der Waals surface area contributed by atoms with Gasteiger partial charge < -0.3 is 16.0 Å². The summed E-state index contributed by atoms with van der Waals surface area (Å²) in [6.45, 7) is 0. The molecule has 14 heavy (non-hydrogen) atoms. The summed E-state index contributed by atoms with van der Waals surface area (Å²) in [5, 5.41) is 3.04. The first kappa shape index (κ1) is 10.3. The molecule has 1 aromatic rings. The van der Waals surface area contributed by atoms with E-state index in [1.165, 1.54) is 0 Å². The highest BCUT2D eigenvalue weighted by atomic mass is 15.3. The van der Waals surface area contributed by atoms with Crippen LogP contribution in [0.4, 0.5) is 11.5 Å². The van der Waals surface area contributed by atoms with Crippen molar-refractivity contribution >= 4 is 17.5 Å². The number of guanidine groups is 1. The fraction of sp³-hybridized carbons (Fsp3) is 0.333. The van der Waals surface area contributed by atoms with Gasteiger partial charge in [0, 0.05) is 27.3 Å². The minimum absolute atomic E-state index is 0.607. The molecule has 1 aromatic heterocycles. The molecule has 1 heterocycles. The maximum absolute atomic E-state index is 5.73. The van der Waals surface area contributed by atoms with Gasteiger partial charge in [0.25, 0.3) is 0 Å². The summed E-state index contributed by atoms with van der Waals surface area (Å²) in [6, 6.07) is 3.58. The quantitative estimate of drug-likeness (QED) is 0.507. The Kier molecular flexibility index (Phi) is 3.28. The summed E-state index contributed by atoms with van der Waals surface area (Å²) in [6.07, 6.45) is 1.68. The van der Waals surface area contributed by atoms with Crippen molar-refractivity contribution in [2.24, 2.45) is 4.99 Å². The second kappa shape index (κ2) is 4.45. The van der Waals surface area contributed by atoms with E-state index in [1.807, 2.05) is 19.0 Å². The van der Waals surface area contributed by atoms with E-state index >= 15 is 0 Å². The van der Waals surface area contributed by atoms with E-state index in [2.05, 4.69) is 15.3 Å². The molecule has 0 spiro atoms. The van der Waals surface area contributed by atoms with Gasteiger partial charge in [0.2, 0.25) is 0 Å². The molecule has 76 valence electrons. The molecule has 5 heteroatoms. The van der Waals surface area contributed by atoms with Crippen LogP contribution in [0.2, 0.25) is 0 Å². The van der Waals surface area contributed by atoms with Gasteiger partial charge >= 0.3 is 0 Å². The van der Waals surface area contributed by atoms with Crippen molar-refractivity contribution in [1.29, 1.82) is 0 Å². The molecule has 0 radical (unpaired) electrons. The van der Waals surface area contributed by atoms with Gasteiger partial charge in [-0.25, -0.2) is 4.98 Å². The first-order chi connectivity index (χ1) is 6.65. The van der Waals surface area contributed by atoms with Gasteiger partial charge in [-0.05, 0) is 12.1 Å². The van der Waals surface area contributed by atoms with Gasteiger partial charge in [0.15, 0.2) is 11.8 Å². The molecule has 0 aliphatic carbocycles. The van der Waals surface area contributed by atoms with E-state index < -0.39 is 0 Å². The number of hydrogen-bond acceptors (Lipinski definition) is 3. The number of pyridine rings is 1. The number of nitrogens with one attached hydrogen (secondary N) is 1. The summed E-state index contributed by atoms with van der Waals surface area (Å²) < 4.78 is 0. The Hall–Kier alpha value is -1.78. The molecule has 3 N–H and O–H groups in total. The Balaban J connectivity index is 2.83. The van der Waals surface area contributed by atoms with Gasteiger partial charge in [-0.3, -0.25) is 4.99 Å². The van der Waals surface area contributed by atoms with Crippen molar-refractivity contribution in [2.45, 2.75) is 0 Å². The lowest BCUT2D eigenvalue weighted by molar-refractivity contribution is 0.619. The number of anilines is 2. The van der Waals surface area contributed by atoms with Crippen LogP contribution in [0.25, 0.3) is 0 Å². The lowest BCUT2D eigenvalue weighted by Crippen LogP contribution is -2.30. The monoisotopic (exact) mass is 193 g/mol. The van der Waals surface area contributed by atoms with Crippen molar-refractivity contribution in [3.63, 3.8) is 0 Å². The van der Waals surface area contributed by atoms with Crippen LogP contribution in [0.15, 0.2) is 23.3 Å². The zero-order valence-corrected chi connectivity index (χ0v) is 8.65. The maximum Gasteiger partial charge on any atom is 0.198 e. The van der Waals surface area contributed by atoms with Crippen LogP contribution >= 0.6 is 0 Å². The first-order valence-electron chi connectivity index (χ1n) is 4.26. The van der Waals surface area contributed by atoms with Crippen LogP contribution < -0.4 is 11.1 Å². The van der Waals surface area contributed by atoms with Gasteiger partial charge in [-0.15, -0.1) is 0 Å². The molecule has 0 atom stereocenters. The molecule has 0 unspecified atom stereocenters. The zero-order valence-electron chi connectivity index (χ0n) is 8.65. The van der Waals surface area contributed by atoms with Crippen molar-refractivity contribution in [2.75, 3.05) is 32.2 Å². The van der Waals surface area contributed by atoms with Crippen molar-refractivity contribution in [3.05, 3.63) is 18.3 Å². The smallest absolute Gasteiger partial charge is 0.198 e. The third kappa shape index (κ3) is 2.35. The van der Waals surface area contributed by atoms with E-state index in [1.54, 1.807) is 25.4 Å². The largest absolute Gasteiger partial charge is 0.396 e. The number of aromatic nitrogens is 1. The van der Waals surface area contributed by atoms with E-state index in [9.17, 15) is 0 Å². The molecule has 0 bridgehead atoms. The Morgan fingerprint density at radius 3 is 2.79 bits per heavy atom. The van der Waals surface area contributed by atoms with Crippen molar-refractivity contribution in [1.82, 2.24) is 9.88 Å². The molecule has 0 amide bonds. The van der Waals surface area contributed by atoms with Gasteiger partial charge in [0.1, 0.15) is 0 Å². The normalized spacial score (nSPS) is 11.2. The van der Waals surface area contributed by atoms with Crippen LogP contribution in [-0.2, 0) is 0 Å². The number of nitrogens with two attached hydrogens (primary N) is 1. The Labute approximate surface area is 83.7 Å². The van der Waals surface area contributed by atoms with Crippen molar-refractivity contribution < 1.29 is 0 Å². The van der Waals surface area contributed by atoms with E-state index in [0.29, 0.717) is 11.5 Å². The molecular formula is C9H15N5. The highest BCUT2D eigenvalue weighted by molar-refractivity contribution is 5.94. The molecule has 0 aromatic carbocycles. The van der Waals surface area contributed by atoms with Crippen molar-refractivity contribution in [3.8, 4) is 0 Å². The molecule has 5 nitrogen and oxygen atoms in total. The van der Waals surface area contributed by atoms with E-state index in [4.69, 9.17) is 5.73 Å². The van der Waals surface area contributed by atoms with Crippen LogP contribution in [-0.4, -0.2) is 37.0 Å². The van der Waals surface area contributed by atoms with Gasteiger partial charge in [0.05, 0.1) is 5.69 Å². The Morgan fingerprint density at radius 2 is 2.29 bits per heavy atom. The standard InChI is InChI=1S/C9H15N5/c1-11-9(14(2)3)13-8-7(10)5-4-6-12-8/h4-6H,10H2,1-3H3,(H,11,12,13). The summed E-state index contributed by atoms with van der Waals surface area (Å²) in [7, 11) is 5.50. The van der Waals surface area contributed by atoms with Gasteiger partial charge in [-0.1, -0.05) is 0 Å². The molecular weight excluding hydrogens is 178 g/mol. The molecule has 0 fully saturated rings.